The molecule has 0 bridgehead atoms. The topological polar surface area (TPSA) is 65.1 Å². The van der Waals surface area contributed by atoms with Gasteiger partial charge in [-0.2, -0.15) is 5.10 Å². The molecule has 1 aliphatic rings. The summed E-state index contributed by atoms with van der Waals surface area (Å²) in [5.41, 5.74) is 7.17. The van der Waals surface area contributed by atoms with Crippen molar-refractivity contribution in [2.45, 2.75) is 25.3 Å². The number of anilines is 1. The fourth-order valence-corrected chi connectivity index (χ4v) is 2.00. The van der Waals surface area contributed by atoms with Gasteiger partial charge >= 0.3 is 0 Å². The van der Waals surface area contributed by atoms with Crippen molar-refractivity contribution in [3.05, 3.63) is 11.8 Å². The summed E-state index contributed by atoms with van der Waals surface area (Å²) in [7, 11) is 1.93. The molecule has 1 saturated heterocycles. The van der Waals surface area contributed by atoms with E-state index in [4.69, 9.17) is 10.5 Å². The molecular weight excluding hydrogens is 204 g/mol. The van der Waals surface area contributed by atoms with Crippen molar-refractivity contribution in [3.8, 4) is 0 Å². The van der Waals surface area contributed by atoms with Crippen molar-refractivity contribution in [3.63, 3.8) is 0 Å². The summed E-state index contributed by atoms with van der Waals surface area (Å²) in [6, 6.07) is 2.03. The first-order valence-electron chi connectivity index (χ1n) is 5.70. The summed E-state index contributed by atoms with van der Waals surface area (Å²) >= 11 is 0. The summed E-state index contributed by atoms with van der Waals surface area (Å²) < 4.78 is 7.16. The van der Waals surface area contributed by atoms with E-state index in [2.05, 4.69) is 10.4 Å². The van der Waals surface area contributed by atoms with E-state index >= 15 is 0 Å². The van der Waals surface area contributed by atoms with Gasteiger partial charge in [-0.05, 0) is 19.8 Å². The maximum Gasteiger partial charge on any atom is 0.124 e. The number of rotatable bonds is 3. The lowest BCUT2D eigenvalue weighted by molar-refractivity contribution is 0.0574. The molecule has 1 fully saturated rings. The third-order valence-electron chi connectivity index (χ3n) is 3.11. The van der Waals surface area contributed by atoms with Gasteiger partial charge in [0.15, 0.2) is 0 Å². The zero-order valence-electron chi connectivity index (χ0n) is 9.99. The smallest absolute Gasteiger partial charge is 0.124 e. The van der Waals surface area contributed by atoms with Gasteiger partial charge in [-0.25, -0.2) is 0 Å². The molecule has 1 aliphatic heterocycles. The molecule has 0 radical (unpaired) electrons. The van der Waals surface area contributed by atoms with Gasteiger partial charge in [0.05, 0.1) is 5.69 Å². The molecule has 1 aromatic rings. The predicted octanol–water partition coefficient (Wildman–Crippen LogP) is 0.648. The van der Waals surface area contributed by atoms with Crippen LogP contribution in [0.3, 0.4) is 0 Å². The molecule has 0 saturated carbocycles. The van der Waals surface area contributed by atoms with Crippen molar-refractivity contribution in [1.29, 1.82) is 0 Å². The number of nitrogens with one attached hydrogen (secondary N) is 1. The number of hydrogen-bond donors (Lipinski definition) is 2. The highest BCUT2D eigenvalue weighted by atomic mass is 16.5. The second kappa shape index (κ2) is 4.43. The van der Waals surface area contributed by atoms with Gasteiger partial charge in [-0.1, -0.05) is 0 Å². The lowest BCUT2D eigenvalue weighted by atomic mass is 9.91. The quantitative estimate of drug-likeness (QED) is 0.791. The number of aromatic nitrogens is 2. The van der Waals surface area contributed by atoms with E-state index < -0.39 is 0 Å². The van der Waals surface area contributed by atoms with Gasteiger partial charge in [0.25, 0.3) is 0 Å². The number of nitrogens with two attached hydrogens (primary N) is 1. The summed E-state index contributed by atoms with van der Waals surface area (Å²) in [5.74, 6) is 1.02. The highest BCUT2D eigenvalue weighted by Gasteiger charge is 2.27. The Hall–Kier alpha value is -1.07. The number of ether oxygens (including phenoxy) is 1. The summed E-state index contributed by atoms with van der Waals surface area (Å²) in [5, 5.41) is 7.65. The van der Waals surface area contributed by atoms with Crippen LogP contribution in [0.25, 0.3) is 0 Å². The minimum absolute atomic E-state index is 0.142. The largest absolute Gasteiger partial charge is 0.381 e. The van der Waals surface area contributed by atoms with Crippen LogP contribution in [0.4, 0.5) is 5.82 Å². The van der Waals surface area contributed by atoms with E-state index in [1.165, 1.54) is 0 Å². The molecule has 1 aromatic heterocycles. The van der Waals surface area contributed by atoms with Crippen LogP contribution in [0, 0.1) is 6.92 Å². The Morgan fingerprint density at radius 1 is 1.56 bits per heavy atom. The molecule has 2 rings (SSSR count). The molecule has 2 heterocycles. The van der Waals surface area contributed by atoms with E-state index in [9.17, 15) is 0 Å². The van der Waals surface area contributed by atoms with Crippen molar-refractivity contribution >= 4 is 5.82 Å². The molecule has 16 heavy (non-hydrogen) atoms. The summed E-state index contributed by atoms with van der Waals surface area (Å²) in [6.07, 6.45) is 1.83. The fourth-order valence-electron chi connectivity index (χ4n) is 2.00. The Balaban J connectivity index is 1.93. The van der Waals surface area contributed by atoms with Gasteiger partial charge in [0.2, 0.25) is 0 Å². The highest BCUT2D eigenvalue weighted by Crippen LogP contribution is 2.18. The molecule has 0 aliphatic carbocycles. The average Bonchev–Trinajstić information content (AvgIpc) is 2.56. The molecular formula is C11H20N4O. The van der Waals surface area contributed by atoms with Crippen LogP contribution in [0.1, 0.15) is 18.5 Å². The zero-order chi connectivity index (χ0) is 11.6. The van der Waals surface area contributed by atoms with Gasteiger partial charge in [0.1, 0.15) is 5.82 Å². The second-order valence-corrected chi connectivity index (χ2v) is 4.62. The van der Waals surface area contributed by atoms with Crippen molar-refractivity contribution in [2.75, 3.05) is 25.1 Å². The third-order valence-corrected chi connectivity index (χ3v) is 3.11. The van der Waals surface area contributed by atoms with Crippen LogP contribution in [-0.2, 0) is 11.8 Å². The lowest BCUT2D eigenvalue weighted by Crippen LogP contribution is -2.50. The summed E-state index contributed by atoms with van der Waals surface area (Å²) in [4.78, 5) is 0. The van der Waals surface area contributed by atoms with Gasteiger partial charge in [-0.3, -0.25) is 4.68 Å². The molecule has 0 unspecified atom stereocenters. The van der Waals surface area contributed by atoms with Crippen LogP contribution < -0.4 is 11.1 Å². The van der Waals surface area contributed by atoms with E-state index in [0.29, 0.717) is 0 Å². The fraction of sp³-hybridized carbons (Fsp3) is 0.727. The molecule has 0 aromatic carbocycles. The SMILES string of the molecule is Cc1cc(NCC2(N)CCOCC2)n(C)n1. The molecule has 0 spiro atoms. The second-order valence-electron chi connectivity index (χ2n) is 4.62. The van der Waals surface area contributed by atoms with Gasteiger partial charge in [0, 0.05) is 38.4 Å². The Bertz CT molecular complexity index is 355. The van der Waals surface area contributed by atoms with Crippen LogP contribution in [0.5, 0.6) is 0 Å². The molecule has 3 N–H and O–H groups in total. The monoisotopic (exact) mass is 224 g/mol. The Labute approximate surface area is 96.0 Å². The first kappa shape index (κ1) is 11.4. The minimum Gasteiger partial charge on any atom is -0.381 e. The van der Waals surface area contributed by atoms with E-state index in [0.717, 1.165) is 44.1 Å². The standard InChI is InChI=1S/C11H20N4O/c1-9-7-10(15(2)14-9)13-8-11(12)3-5-16-6-4-11/h7,13H,3-6,8,12H2,1-2H3. The maximum atomic E-state index is 6.29. The predicted molar refractivity (Wildman–Crippen MR) is 63.4 cm³/mol. The number of hydrogen-bond acceptors (Lipinski definition) is 4. The Kier molecular flexibility index (Phi) is 3.16. The third kappa shape index (κ3) is 2.54. The Morgan fingerprint density at radius 3 is 2.81 bits per heavy atom. The zero-order valence-corrected chi connectivity index (χ0v) is 9.99. The highest BCUT2D eigenvalue weighted by molar-refractivity contribution is 5.37. The molecule has 0 atom stereocenters. The minimum atomic E-state index is -0.142. The van der Waals surface area contributed by atoms with Crippen LogP contribution in [-0.4, -0.2) is 35.1 Å². The number of aryl methyl sites for hydroxylation is 2. The molecule has 90 valence electrons. The van der Waals surface area contributed by atoms with Crippen molar-refractivity contribution < 1.29 is 4.74 Å². The van der Waals surface area contributed by atoms with Crippen LogP contribution in [0.15, 0.2) is 6.07 Å². The lowest BCUT2D eigenvalue weighted by Gasteiger charge is -2.33. The average molecular weight is 224 g/mol. The van der Waals surface area contributed by atoms with Gasteiger partial charge < -0.3 is 15.8 Å². The van der Waals surface area contributed by atoms with Crippen molar-refractivity contribution in [2.24, 2.45) is 12.8 Å². The van der Waals surface area contributed by atoms with E-state index in [1.54, 1.807) is 0 Å². The normalized spacial score (nSPS) is 19.7. The van der Waals surface area contributed by atoms with E-state index in [-0.39, 0.29) is 5.54 Å². The van der Waals surface area contributed by atoms with Gasteiger partial charge in [-0.15, -0.1) is 0 Å². The maximum absolute atomic E-state index is 6.29. The van der Waals surface area contributed by atoms with E-state index in [1.807, 2.05) is 24.7 Å². The summed E-state index contributed by atoms with van der Waals surface area (Å²) in [6.45, 7) is 4.29. The van der Waals surface area contributed by atoms with Crippen LogP contribution in [0.2, 0.25) is 0 Å². The first-order chi connectivity index (χ1) is 7.59. The molecule has 5 heteroatoms. The number of nitrogens with zero attached hydrogens (tertiary/aromatic N) is 2. The molecule has 5 nitrogen and oxygen atoms in total. The first-order valence-corrected chi connectivity index (χ1v) is 5.70. The Morgan fingerprint density at radius 2 is 2.25 bits per heavy atom. The molecule has 0 amide bonds. The van der Waals surface area contributed by atoms with Crippen molar-refractivity contribution in [1.82, 2.24) is 9.78 Å². The van der Waals surface area contributed by atoms with Crippen LogP contribution >= 0.6 is 0 Å².